The van der Waals surface area contributed by atoms with Gasteiger partial charge in [-0.05, 0) is 61.7 Å². The summed E-state index contributed by atoms with van der Waals surface area (Å²) < 4.78 is 29.6. The molecule has 1 amide bonds. The van der Waals surface area contributed by atoms with Gasteiger partial charge in [0.05, 0.1) is 35.0 Å². The number of likely N-dealkylation sites (N-methyl/N-ethyl adjacent to an activating group) is 1. The first kappa shape index (κ1) is 34.5. The minimum atomic E-state index is -0.840. The number of anilines is 1. The van der Waals surface area contributed by atoms with E-state index in [2.05, 4.69) is 21.3 Å². The number of benzene rings is 3. The molecule has 2 N–H and O–H groups in total. The van der Waals surface area contributed by atoms with Crippen LogP contribution in [0.1, 0.15) is 63.2 Å². The van der Waals surface area contributed by atoms with Crippen LogP contribution in [-0.4, -0.2) is 70.1 Å². The van der Waals surface area contributed by atoms with Gasteiger partial charge in [0, 0.05) is 56.5 Å². The van der Waals surface area contributed by atoms with Crippen molar-refractivity contribution in [3.63, 3.8) is 0 Å². The Hall–Kier alpha value is -4.96. The number of halogens is 2. The van der Waals surface area contributed by atoms with Crippen molar-refractivity contribution in [2.75, 3.05) is 39.1 Å². The summed E-state index contributed by atoms with van der Waals surface area (Å²) in [6.07, 6.45) is 1.97. The second kappa shape index (κ2) is 14.0. The number of amides is 1. The van der Waals surface area contributed by atoms with E-state index < -0.39 is 23.8 Å². The lowest BCUT2D eigenvalue weighted by Gasteiger charge is -2.22. The van der Waals surface area contributed by atoms with Crippen molar-refractivity contribution < 1.29 is 28.6 Å². The molecule has 1 saturated heterocycles. The van der Waals surface area contributed by atoms with E-state index in [1.807, 2.05) is 47.8 Å². The summed E-state index contributed by atoms with van der Waals surface area (Å²) in [4.78, 5) is 33.7. The van der Waals surface area contributed by atoms with Crippen LogP contribution in [0.4, 0.5) is 10.1 Å². The number of nitriles is 1. The van der Waals surface area contributed by atoms with Crippen molar-refractivity contribution in [3.05, 3.63) is 92.8 Å². The normalized spacial score (nSPS) is 18.6. The highest BCUT2D eigenvalue weighted by Crippen LogP contribution is 2.45. The molecule has 4 aromatic rings. The number of ether oxygens (including phenoxy) is 2. The summed E-state index contributed by atoms with van der Waals surface area (Å²) in [6, 6.07) is 15.0. The van der Waals surface area contributed by atoms with Crippen molar-refractivity contribution in [3.8, 4) is 28.7 Å². The first-order chi connectivity index (χ1) is 24.6. The topological polar surface area (TPSA) is 133 Å². The number of carbonyl (C=O) groups is 2. The van der Waals surface area contributed by atoms with E-state index in [-0.39, 0.29) is 22.4 Å². The monoisotopic (exact) mass is 712 g/mol. The Morgan fingerprint density at radius 1 is 1.12 bits per heavy atom. The van der Waals surface area contributed by atoms with Crippen molar-refractivity contribution in [2.45, 2.75) is 44.9 Å². The molecular formula is C38H38ClFN6O5. The zero-order valence-corrected chi connectivity index (χ0v) is 29.4. The minimum absolute atomic E-state index is 0.00992. The first-order valence-electron chi connectivity index (χ1n) is 16.9. The van der Waals surface area contributed by atoms with Crippen LogP contribution in [-0.2, 0) is 37.8 Å². The predicted molar refractivity (Wildman–Crippen MR) is 188 cm³/mol. The quantitative estimate of drug-likeness (QED) is 0.215. The minimum Gasteiger partial charge on any atom is -0.493 e. The molecular weight excluding hydrogens is 675 g/mol. The maximum Gasteiger partial charge on any atom is 0.307 e. The number of imidazole rings is 1. The second-order valence-electron chi connectivity index (χ2n) is 13.4. The smallest absolute Gasteiger partial charge is 0.307 e. The summed E-state index contributed by atoms with van der Waals surface area (Å²) in [5, 5.41) is 22.8. The zero-order valence-electron chi connectivity index (χ0n) is 28.6. The predicted octanol–water partition coefficient (Wildman–Crippen LogP) is 5.97. The zero-order chi connectivity index (χ0) is 36.0. The highest BCUT2D eigenvalue weighted by Gasteiger charge is 2.33. The molecule has 0 radical (unpaired) electrons. The van der Waals surface area contributed by atoms with Crippen LogP contribution >= 0.6 is 11.6 Å². The Morgan fingerprint density at radius 2 is 1.90 bits per heavy atom. The molecule has 1 fully saturated rings. The number of carboxylic acid groups (broad SMARTS) is 1. The van der Waals surface area contributed by atoms with Gasteiger partial charge in [0.2, 0.25) is 5.82 Å². The highest BCUT2D eigenvalue weighted by molar-refractivity contribution is 6.32. The van der Waals surface area contributed by atoms with Crippen molar-refractivity contribution in [1.82, 2.24) is 19.4 Å². The van der Waals surface area contributed by atoms with Crippen molar-refractivity contribution in [2.24, 2.45) is 13.0 Å². The van der Waals surface area contributed by atoms with Crippen LogP contribution in [0.15, 0.2) is 42.5 Å². The van der Waals surface area contributed by atoms with Gasteiger partial charge in [-0.15, -0.1) is 0 Å². The van der Waals surface area contributed by atoms with E-state index in [9.17, 15) is 20.0 Å². The molecule has 0 saturated carbocycles. The van der Waals surface area contributed by atoms with Gasteiger partial charge in [0.15, 0.2) is 17.3 Å². The standard InChI is InChI=1S/C38H38ClFN6O5/c1-44-14-13-31-30(20-44)42-36(45(31)2)37(47)43-29-9-5-7-24(27(29)17-41)23-6-4-8-26-25(23)10-11-32(26)51-35-28(39)16-22(34(50-3)33(35)40)19-46-15-12-21(18-46)38(48)49/h4-9,16,21,32H,10-15,18-20H2,1-3H3,(H,43,47)(H,48,49). The Balaban J connectivity index is 1.14. The number of hydrogen-bond donors (Lipinski definition) is 2. The number of aromatic nitrogens is 2. The average molecular weight is 713 g/mol. The number of likely N-dealkylation sites (tertiary alicyclic amines) is 1. The fourth-order valence-electron chi connectivity index (χ4n) is 7.67. The molecule has 0 spiro atoms. The Labute approximate surface area is 300 Å². The lowest BCUT2D eigenvalue weighted by Crippen LogP contribution is -2.27. The molecule has 7 rings (SSSR count). The van der Waals surface area contributed by atoms with E-state index in [1.54, 1.807) is 18.2 Å². The maximum atomic E-state index is 16.0. The lowest BCUT2D eigenvalue weighted by molar-refractivity contribution is -0.141. The molecule has 264 valence electrons. The largest absolute Gasteiger partial charge is 0.493 e. The molecule has 13 heteroatoms. The van der Waals surface area contributed by atoms with Crippen LogP contribution in [0, 0.1) is 23.1 Å². The first-order valence-corrected chi connectivity index (χ1v) is 17.3. The number of carbonyl (C=O) groups excluding carboxylic acids is 1. The second-order valence-corrected chi connectivity index (χ2v) is 13.8. The molecule has 1 aromatic heterocycles. The van der Waals surface area contributed by atoms with E-state index in [0.717, 1.165) is 41.0 Å². The molecule has 2 unspecified atom stereocenters. The van der Waals surface area contributed by atoms with Gasteiger partial charge in [-0.3, -0.25) is 14.5 Å². The third-order valence-electron chi connectivity index (χ3n) is 10.3. The number of aliphatic carboxylic acids is 1. The number of hydrogen-bond acceptors (Lipinski definition) is 8. The van der Waals surface area contributed by atoms with Gasteiger partial charge in [-0.25, -0.2) is 4.98 Å². The van der Waals surface area contributed by atoms with Crippen LogP contribution < -0.4 is 14.8 Å². The maximum absolute atomic E-state index is 16.0. The van der Waals surface area contributed by atoms with Crippen LogP contribution in [0.5, 0.6) is 11.5 Å². The van der Waals surface area contributed by atoms with Gasteiger partial charge >= 0.3 is 5.97 Å². The van der Waals surface area contributed by atoms with Crippen LogP contribution in [0.2, 0.25) is 5.02 Å². The lowest BCUT2D eigenvalue weighted by atomic mass is 9.92. The van der Waals surface area contributed by atoms with Crippen LogP contribution in [0.3, 0.4) is 0 Å². The van der Waals surface area contributed by atoms with Gasteiger partial charge < -0.3 is 29.4 Å². The van der Waals surface area contributed by atoms with E-state index in [4.69, 9.17) is 21.1 Å². The number of fused-ring (bicyclic) bond motifs is 2. The summed E-state index contributed by atoms with van der Waals surface area (Å²) in [7, 11) is 5.25. The third-order valence-corrected chi connectivity index (χ3v) is 10.5. The van der Waals surface area contributed by atoms with E-state index in [1.165, 1.54) is 7.11 Å². The number of carboxylic acids is 1. The molecule has 2 atom stereocenters. The Morgan fingerprint density at radius 3 is 2.65 bits per heavy atom. The average Bonchev–Trinajstić information content (AvgIpc) is 3.84. The number of nitrogens with one attached hydrogen (secondary N) is 1. The summed E-state index contributed by atoms with van der Waals surface area (Å²) in [5.41, 5.74) is 6.45. The van der Waals surface area contributed by atoms with Gasteiger partial charge in [0.1, 0.15) is 12.2 Å². The number of nitrogens with zero attached hydrogens (tertiary/aromatic N) is 5. The summed E-state index contributed by atoms with van der Waals surface area (Å²) in [6.45, 7) is 2.80. The highest BCUT2D eigenvalue weighted by atomic mass is 35.5. The molecule has 0 bridgehead atoms. The molecule has 3 heterocycles. The van der Waals surface area contributed by atoms with Crippen molar-refractivity contribution in [1.29, 1.82) is 5.26 Å². The fourth-order valence-corrected chi connectivity index (χ4v) is 7.93. The molecule has 1 aliphatic carbocycles. The van der Waals surface area contributed by atoms with Crippen LogP contribution in [0.25, 0.3) is 11.1 Å². The fraction of sp³-hybridized carbons (Fsp3) is 0.368. The number of methoxy groups -OCH3 is 1. The number of rotatable bonds is 9. The van der Waals surface area contributed by atoms with E-state index >= 15 is 4.39 Å². The Kier molecular flexibility index (Phi) is 9.46. The molecule has 2 aliphatic heterocycles. The molecule has 3 aliphatic rings. The van der Waals surface area contributed by atoms with Gasteiger partial charge in [-0.2, -0.15) is 9.65 Å². The third kappa shape index (κ3) is 6.42. The summed E-state index contributed by atoms with van der Waals surface area (Å²) in [5.74, 6) is -2.21. The molecule has 3 aromatic carbocycles. The van der Waals surface area contributed by atoms with Crippen molar-refractivity contribution >= 4 is 29.2 Å². The molecule has 11 nitrogen and oxygen atoms in total. The Bertz CT molecular complexity index is 2090. The molecule has 51 heavy (non-hydrogen) atoms. The van der Waals surface area contributed by atoms with E-state index in [0.29, 0.717) is 73.6 Å². The SMILES string of the molecule is COc1c(CN2CCC(C(=O)O)C2)cc(Cl)c(OC2CCc3c(-c4cccc(NC(=O)c5nc6c(n5C)CCN(C)C6)c4C#N)cccc32)c1F. The van der Waals surface area contributed by atoms with Gasteiger partial charge in [0.25, 0.3) is 5.91 Å². The summed E-state index contributed by atoms with van der Waals surface area (Å²) >= 11 is 6.64. The van der Waals surface area contributed by atoms with Gasteiger partial charge in [-0.1, -0.05) is 41.9 Å².